The number of carbonyl (C=O) groups is 1. The predicted molar refractivity (Wildman–Crippen MR) is 126 cm³/mol. The molecule has 10 nitrogen and oxygen atoms in total. The largest absolute Gasteiger partial charge is 0.465 e. The Bertz CT molecular complexity index is 1420. The maximum absolute atomic E-state index is 14.7. The number of benzene rings is 1. The van der Waals surface area contributed by atoms with Crippen molar-refractivity contribution in [2.75, 3.05) is 19.0 Å². The van der Waals surface area contributed by atoms with E-state index in [0.717, 1.165) is 38.7 Å². The molecule has 2 atom stereocenters. The average Bonchev–Trinajstić information content (AvgIpc) is 3.50. The lowest BCUT2D eigenvalue weighted by Gasteiger charge is -2.23. The van der Waals surface area contributed by atoms with E-state index >= 15 is 0 Å². The molecule has 4 heterocycles. The van der Waals surface area contributed by atoms with E-state index in [2.05, 4.69) is 20.3 Å². The van der Waals surface area contributed by atoms with E-state index in [4.69, 9.17) is 14.5 Å². The molecule has 1 unspecified atom stereocenters. The number of hydrogen-bond acceptors (Lipinski definition) is 8. The number of aromatic nitrogens is 6. The first-order valence-electron chi connectivity index (χ1n) is 11.9. The fourth-order valence-corrected chi connectivity index (χ4v) is 4.87. The quantitative estimate of drug-likeness (QED) is 0.408. The number of rotatable bonds is 6. The minimum absolute atomic E-state index is 0.0837. The summed E-state index contributed by atoms with van der Waals surface area (Å²) in [6.07, 6.45) is 8.12. The third-order valence-corrected chi connectivity index (χ3v) is 6.70. The van der Waals surface area contributed by atoms with Crippen molar-refractivity contribution in [2.24, 2.45) is 0 Å². The van der Waals surface area contributed by atoms with Gasteiger partial charge in [-0.3, -0.25) is 4.57 Å². The van der Waals surface area contributed by atoms with Crippen molar-refractivity contribution in [3.63, 3.8) is 0 Å². The Morgan fingerprint density at radius 2 is 2.09 bits per heavy atom. The molecule has 11 heteroatoms. The number of ether oxygens (including phenoxy) is 2. The smallest absolute Gasteiger partial charge is 0.343 e. The fourth-order valence-electron chi connectivity index (χ4n) is 4.87. The number of methoxy groups -OCH3 is 1. The molecule has 4 aromatic rings. The summed E-state index contributed by atoms with van der Waals surface area (Å²) >= 11 is 0. The van der Waals surface area contributed by atoms with E-state index in [9.17, 15) is 9.18 Å². The van der Waals surface area contributed by atoms with E-state index in [1.165, 1.54) is 19.5 Å². The number of imidazole rings is 2. The Hall–Kier alpha value is -3.60. The average molecular weight is 480 g/mol. The molecule has 2 aliphatic rings. The van der Waals surface area contributed by atoms with Crippen LogP contribution in [-0.4, -0.2) is 48.8 Å². The molecule has 1 aliphatic heterocycles. The molecule has 0 bridgehead atoms. The number of carbonyl (C=O) groups excluding carboxylic acids is 1. The molecule has 0 amide bonds. The van der Waals surface area contributed by atoms with Crippen LogP contribution in [0.15, 0.2) is 24.8 Å². The Balaban J connectivity index is 1.39. The van der Waals surface area contributed by atoms with Crippen molar-refractivity contribution < 1.29 is 18.7 Å². The van der Waals surface area contributed by atoms with Crippen LogP contribution < -0.4 is 5.32 Å². The molecule has 1 saturated heterocycles. The second-order valence-corrected chi connectivity index (χ2v) is 9.09. The van der Waals surface area contributed by atoms with Gasteiger partial charge in [0.1, 0.15) is 29.8 Å². The molecule has 0 radical (unpaired) electrons. The van der Waals surface area contributed by atoms with Gasteiger partial charge in [0.15, 0.2) is 17.0 Å². The highest BCUT2D eigenvalue weighted by Gasteiger charge is 2.33. The van der Waals surface area contributed by atoms with Crippen molar-refractivity contribution >= 4 is 34.0 Å². The lowest BCUT2D eigenvalue weighted by atomic mass is 10.1. The first-order chi connectivity index (χ1) is 17.1. The number of nitrogens with zero attached hydrogens (tertiary/aromatic N) is 6. The molecular formula is C24H26FN7O3. The highest BCUT2D eigenvalue weighted by atomic mass is 19.1. The Morgan fingerprint density at radius 3 is 2.83 bits per heavy atom. The number of halogens is 1. The zero-order valence-corrected chi connectivity index (χ0v) is 19.6. The van der Waals surface area contributed by atoms with Gasteiger partial charge in [-0.1, -0.05) is 0 Å². The molecule has 1 aliphatic carbocycles. The summed E-state index contributed by atoms with van der Waals surface area (Å²) in [5.74, 6) is -0.0627. The van der Waals surface area contributed by atoms with Crippen LogP contribution in [-0.2, 0) is 9.47 Å². The number of nitrogens with one attached hydrogen (secondary N) is 1. The fraction of sp³-hybridized carbons (Fsp3) is 0.458. The van der Waals surface area contributed by atoms with Crippen LogP contribution in [0.3, 0.4) is 0 Å². The first kappa shape index (κ1) is 21.9. The zero-order valence-electron chi connectivity index (χ0n) is 19.6. The summed E-state index contributed by atoms with van der Waals surface area (Å²) < 4.78 is 29.4. The summed E-state index contributed by atoms with van der Waals surface area (Å²) in [6.45, 7) is 2.69. The molecule has 6 rings (SSSR count). The van der Waals surface area contributed by atoms with Crippen LogP contribution >= 0.6 is 0 Å². The summed E-state index contributed by atoms with van der Waals surface area (Å²) in [6, 6.07) is 2.71. The van der Waals surface area contributed by atoms with Crippen LogP contribution in [0.2, 0.25) is 0 Å². The maximum atomic E-state index is 14.7. The Kier molecular flexibility index (Phi) is 5.36. The van der Waals surface area contributed by atoms with E-state index in [1.807, 2.05) is 16.1 Å². The second-order valence-electron chi connectivity index (χ2n) is 9.09. The summed E-state index contributed by atoms with van der Waals surface area (Å²) in [7, 11) is 1.25. The lowest BCUT2D eigenvalue weighted by molar-refractivity contribution is -0.0298. The molecule has 1 N–H and O–H groups in total. The van der Waals surface area contributed by atoms with E-state index in [1.54, 1.807) is 12.4 Å². The molecular weight excluding hydrogens is 453 g/mol. The van der Waals surface area contributed by atoms with Gasteiger partial charge in [-0.25, -0.2) is 29.1 Å². The zero-order chi connectivity index (χ0) is 24.1. The third kappa shape index (κ3) is 3.70. The second kappa shape index (κ2) is 8.56. The predicted octanol–water partition coefficient (Wildman–Crippen LogP) is 4.31. The van der Waals surface area contributed by atoms with Crippen LogP contribution in [0.1, 0.15) is 73.5 Å². The number of anilines is 1. The Morgan fingerprint density at radius 1 is 1.23 bits per heavy atom. The van der Waals surface area contributed by atoms with Gasteiger partial charge in [-0.15, -0.1) is 0 Å². The van der Waals surface area contributed by atoms with Gasteiger partial charge in [0.25, 0.3) is 0 Å². The molecule has 3 aromatic heterocycles. The van der Waals surface area contributed by atoms with Crippen LogP contribution in [0, 0.1) is 5.82 Å². The molecule has 0 spiro atoms. The van der Waals surface area contributed by atoms with E-state index in [0.29, 0.717) is 33.8 Å². The normalized spacial score (nSPS) is 19.2. The monoisotopic (exact) mass is 479 g/mol. The maximum Gasteiger partial charge on any atom is 0.343 e. The van der Waals surface area contributed by atoms with Gasteiger partial charge in [0.2, 0.25) is 0 Å². The van der Waals surface area contributed by atoms with Crippen molar-refractivity contribution in [1.82, 2.24) is 29.1 Å². The molecule has 35 heavy (non-hydrogen) atoms. The topological polar surface area (TPSA) is 109 Å². The number of hydrogen-bond donors (Lipinski definition) is 1. The number of fused-ring (bicyclic) bond motifs is 2. The van der Waals surface area contributed by atoms with Gasteiger partial charge in [-0.2, -0.15) is 0 Å². The SMILES string of the molecule is COC(=O)c1c(F)ccc2nc(C(C)Nc3ncnc4c3ncn4[C@@H]3CCCCO3)n(C3CC3)c12. The van der Waals surface area contributed by atoms with Crippen molar-refractivity contribution in [2.45, 2.75) is 57.3 Å². The van der Waals surface area contributed by atoms with Crippen LogP contribution in [0.25, 0.3) is 22.2 Å². The van der Waals surface area contributed by atoms with Crippen molar-refractivity contribution in [1.29, 1.82) is 0 Å². The minimum atomic E-state index is -0.713. The molecule has 182 valence electrons. The van der Waals surface area contributed by atoms with Crippen LogP contribution in [0.5, 0.6) is 0 Å². The molecule has 2 fully saturated rings. The summed E-state index contributed by atoms with van der Waals surface area (Å²) in [5, 5.41) is 3.42. The standard InChI is InChI=1S/C24H26FN7O3/c1-13(29-21-19-23(27-11-26-21)31(12-28-19)17-5-3-4-10-35-17)22-30-16-9-8-15(25)18(24(33)34-2)20(16)32(22)14-6-7-14/h8-9,11-14,17H,3-7,10H2,1-2H3,(H,26,27,29)/t13?,17-/m0/s1. The lowest BCUT2D eigenvalue weighted by Crippen LogP contribution is -2.18. The van der Waals surface area contributed by atoms with Gasteiger partial charge in [-0.05, 0) is 51.2 Å². The number of esters is 1. The molecule has 1 aromatic carbocycles. The summed E-state index contributed by atoms with van der Waals surface area (Å²) in [5.41, 5.74) is 2.28. The van der Waals surface area contributed by atoms with Crippen LogP contribution in [0.4, 0.5) is 10.2 Å². The summed E-state index contributed by atoms with van der Waals surface area (Å²) in [4.78, 5) is 30.7. The highest BCUT2D eigenvalue weighted by Crippen LogP contribution is 2.42. The van der Waals surface area contributed by atoms with Gasteiger partial charge < -0.3 is 19.4 Å². The molecule has 1 saturated carbocycles. The van der Waals surface area contributed by atoms with Crippen molar-refractivity contribution in [3.8, 4) is 0 Å². The van der Waals surface area contributed by atoms with E-state index < -0.39 is 11.8 Å². The minimum Gasteiger partial charge on any atom is -0.465 e. The third-order valence-electron chi connectivity index (χ3n) is 6.70. The Labute approximate surface area is 200 Å². The van der Waals surface area contributed by atoms with E-state index in [-0.39, 0.29) is 23.9 Å². The highest BCUT2D eigenvalue weighted by molar-refractivity contribution is 6.02. The van der Waals surface area contributed by atoms with Crippen molar-refractivity contribution in [3.05, 3.63) is 42.0 Å². The van der Waals surface area contributed by atoms with Gasteiger partial charge in [0, 0.05) is 12.6 Å². The first-order valence-corrected chi connectivity index (χ1v) is 11.9. The van der Waals surface area contributed by atoms with Gasteiger partial charge in [0.05, 0.1) is 30.5 Å². The van der Waals surface area contributed by atoms with Gasteiger partial charge >= 0.3 is 5.97 Å².